The maximum Gasteiger partial charge on any atom is 0.257 e. The van der Waals surface area contributed by atoms with Crippen LogP contribution in [0.25, 0.3) is 0 Å². The summed E-state index contributed by atoms with van der Waals surface area (Å²) in [6.07, 6.45) is 0.575. The summed E-state index contributed by atoms with van der Waals surface area (Å²) in [4.78, 5) is 23.6. The number of aryl methyl sites for hydroxylation is 1. The number of aromatic nitrogens is 1. The molecule has 0 unspecified atom stereocenters. The van der Waals surface area contributed by atoms with E-state index in [1.165, 1.54) is 0 Å². The summed E-state index contributed by atoms with van der Waals surface area (Å²) in [5.74, 6) is 1.11. The third-order valence-electron chi connectivity index (χ3n) is 3.43. The topological polar surface area (TPSA) is 105 Å². The number of amides is 2. The first-order chi connectivity index (χ1) is 12.0. The molecule has 0 radical (unpaired) electrons. The number of rotatable bonds is 8. The molecule has 134 valence electrons. The highest BCUT2D eigenvalue weighted by Crippen LogP contribution is 2.19. The Balaban J connectivity index is 1.98. The van der Waals surface area contributed by atoms with Crippen LogP contribution in [0.4, 0.5) is 11.5 Å². The van der Waals surface area contributed by atoms with Crippen molar-refractivity contribution in [3.05, 3.63) is 36.1 Å². The lowest BCUT2D eigenvalue weighted by Crippen LogP contribution is -2.34. The monoisotopic (exact) mass is 346 g/mol. The fraction of sp³-hybridized carbons (Fsp3) is 0.353. The second-order valence-electron chi connectivity index (χ2n) is 5.41. The van der Waals surface area contributed by atoms with Gasteiger partial charge in [0, 0.05) is 24.9 Å². The van der Waals surface area contributed by atoms with Gasteiger partial charge in [-0.1, -0.05) is 18.1 Å². The number of ether oxygens (including phenoxy) is 1. The van der Waals surface area contributed by atoms with Crippen LogP contribution in [0.1, 0.15) is 19.1 Å². The zero-order valence-electron chi connectivity index (χ0n) is 14.5. The molecule has 0 saturated heterocycles. The average molecular weight is 346 g/mol. The minimum Gasteiger partial charge on any atom is -0.484 e. The van der Waals surface area contributed by atoms with Gasteiger partial charge < -0.3 is 25.2 Å². The Morgan fingerprint density at radius 2 is 2.12 bits per heavy atom. The van der Waals surface area contributed by atoms with Crippen molar-refractivity contribution in [2.75, 3.05) is 24.3 Å². The molecular formula is C17H22N4O4. The van der Waals surface area contributed by atoms with Crippen LogP contribution in [0, 0.1) is 6.92 Å². The molecule has 25 heavy (non-hydrogen) atoms. The highest BCUT2D eigenvalue weighted by atomic mass is 16.5. The van der Waals surface area contributed by atoms with Gasteiger partial charge in [0.05, 0.1) is 0 Å². The molecule has 1 heterocycles. The Morgan fingerprint density at radius 1 is 1.32 bits per heavy atom. The molecule has 0 bridgehead atoms. The summed E-state index contributed by atoms with van der Waals surface area (Å²) >= 11 is 0. The van der Waals surface area contributed by atoms with Crippen LogP contribution in [-0.4, -0.2) is 36.7 Å². The van der Waals surface area contributed by atoms with Crippen molar-refractivity contribution >= 4 is 23.3 Å². The first-order valence-electron chi connectivity index (χ1n) is 7.96. The number of nitrogens with one attached hydrogen (secondary N) is 3. The summed E-state index contributed by atoms with van der Waals surface area (Å²) in [6.45, 7) is 3.59. The maximum absolute atomic E-state index is 12.4. The number of carbonyl (C=O) groups is 2. The molecular weight excluding hydrogens is 324 g/mol. The first kappa shape index (κ1) is 18.3. The van der Waals surface area contributed by atoms with Crippen LogP contribution in [0.2, 0.25) is 0 Å². The third kappa shape index (κ3) is 5.52. The molecule has 2 rings (SSSR count). The summed E-state index contributed by atoms with van der Waals surface area (Å²) in [5, 5.41) is 12.1. The number of hydrogen-bond acceptors (Lipinski definition) is 6. The molecule has 0 spiro atoms. The van der Waals surface area contributed by atoms with Crippen LogP contribution in [0.3, 0.4) is 0 Å². The fourth-order valence-electron chi connectivity index (χ4n) is 2.09. The smallest absolute Gasteiger partial charge is 0.257 e. The van der Waals surface area contributed by atoms with Crippen molar-refractivity contribution < 1.29 is 18.8 Å². The van der Waals surface area contributed by atoms with Gasteiger partial charge >= 0.3 is 0 Å². The van der Waals surface area contributed by atoms with E-state index in [2.05, 4.69) is 21.1 Å². The van der Waals surface area contributed by atoms with Crippen LogP contribution < -0.4 is 20.7 Å². The van der Waals surface area contributed by atoms with Crippen molar-refractivity contribution in [3.63, 3.8) is 0 Å². The molecule has 2 amide bonds. The normalized spacial score (nSPS) is 11.5. The molecule has 2 aromatic rings. The standard InChI is InChI=1S/C17H22N4O4/c1-4-14(17(23)20-15-8-11(2)25-21-15)19-12-6-5-7-13(9-12)24-10-16(22)18-3/h5-9,14,19H,4,10H2,1-3H3,(H,18,22)(H,20,21,23)/t14-/m1/s1. The zero-order valence-corrected chi connectivity index (χ0v) is 14.5. The van der Waals surface area contributed by atoms with Gasteiger partial charge in [0.25, 0.3) is 5.91 Å². The zero-order chi connectivity index (χ0) is 18.2. The number of benzene rings is 1. The highest BCUT2D eigenvalue weighted by molar-refractivity contribution is 5.95. The predicted molar refractivity (Wildman–Crippen MR) is 93.6 cm³/mol. The Kier molecular flexibility index (Phi) is 6.39. The number of likely N-dealkylation sites (N-methyl/N-ethyl adjacent to an activating group) is 1. The van der Waals surface area contributed by atoms with Crippen LogP contribution in [-0.2, 0) is 9.59 Å². The van der Waals surface area contributed by atoms with Gasteiger partial charge in [0.2, 0.25) is 5.91 Å². The number of carbonyl (C=O) groups excluding carboxylic acids is 2. The van der Waals surface area contributed by atoms with Gasteiger partial charge in [-0.2, -0.15) is 0 Å². The van der Waals surface area contributed by atoms with E-state index in [1.807, 2.05) is 13.0 Å². The van der Waals surface area contributed by atoms with E-state index in [-0.39, 0.29) is 18.4 Å². The molecule has 1 aromatic heterocycles. The van der Waals surface area contributed by atoms with Gasteiger partial charge in [0.1, 0.15) is 17.6 Å². The van der Waals surface area contributed by atoms with E-state index < -0.39 is 6.04 Å². The number of anilines is 2. The molecule has 0 saturated carbocycles. The quantitative estimate of drug-likeness (QED) is 0.674. The van der Waals surface area contributed by atoms with Gasteiger partial charge in [0.15, 0.2) is 12.4 Å². The Hall–Kier alpha value is -3.03. The average Bonchev–Trinajstić information content (AvgIpc) is 3.02. The molecule has 0 aliphatic heterocycles. The second-order valence-corrected chi connectivity index (χ2v) is 5.41. The molecule has 3 N–H and O–H groups in total. The van der Waals surface area contributed by atoms with E-state index in [0.717, 1.165) is 0 Å². The lowest BCUT2D eigenvalue weighted by molar-refractivity contribution is -0.122. The SMILES string of the molecule is CC[C@@H](Nc1cccc(OCC(=O)NC)c1)C(=O)Nc1cc(C)on1. The van der Waals surface area contributed by atoms with Gasteiger partial charge in [-0.15, -0.1) is 0 Å². The van der Waals surface area contributed by atoms with Crippen LogP contribution in [0.5, 0.6) is 5.75 Å². The molecule has 1 atom stereocenters. The lowest BCUT2D eigenvalue weighted by Gasteiger charge is -2.17. The van der Waals surface area contributed by atoms with Gasteiger partial charge in [-0.25, -0.2) is 0 Å². The van der Waals surface area contributed by atoms with Crippen LogP contribution >= 0.6 is 0 Å². The minimum absolute atomic E-state index is 0.0663. The number of hydrogen-bond donors (Lipinski definition) is 3. The summed E-state index contributed by atoms with van der Waals surface area (Å²) in [5.41, 5.74) is 0.715. The molecule has 0 aliphatic carbocycles. The molecule has 8 nitrogen and oxygen atoms in total. The van der Waals surface area contributed by atoms with Crippen molar-refractivity contribution in [3.8, 4) is 5.75 Å². The van der Waals surface area contributed by atoms with Crippen LogP contribution in [0.15, 0.2) is 34.9 Å². The van der Waals surface area contributed by atoms with E-state index >= 15 is 0 Å². The minimum atomic E-state index is -0.453. The summed E-state index contributed by atoms with van der Waals surface area (Å²) in [6, 6.07) is 8.28. The maximum atomic E-state index is 12.4. The Labute approximate surface area is 145 Å². The molecule has 1 aromatic carbocycles. The number of nitrogens with zero attached hydrogens (tertiary/aromatic N) is 1. The Morgan fingerprint density at radius 3 is 2.76 bits per heavy atom. The van der Waals surface area contributed by atoms with Gasteiger partial charge in [-0.3, -0.25) is 9.59 Å². The fourth-order valence-corrected chi connectivity index (χ4v) is 2.09. The van der Waals surface area contributed by atoms with Crippen molar-refractivity contribution in [1.29, 1.82) is 0 Å². The molecule has 0 fully saturated rings. The largest absolute Gasteiger partial charge is 0.484 e. The predicted octanol–water partition coefficient (Wildman–Crippen LogP) is 1.94. The molecule has 8 heteroatoms. The van der Waals surface area contributed by atoms with Crippen molar-refractivity contribution in [2.24, 2.45) is 0 Å². The van der Waals surface area contributed by atoms with E-state index in [1.54, 1.807) is 38.2 Å². The molecule has 0 aliphatic rings. The summed E-state index contributed by atoms with van der Waals surface area (Å²) < 4.78 is 10.3. The van der Waals surface area contributed by atoms with E-state index in [9.17, 15) is 9.59 Å². The third-order valence-corrected chi connectivity index (χ3v) is 3.43. The lowest BCUT2D eigenvalue weighted by atomic mass is 10.2. The van der Waals surface area contributed by atoms with E-state index in [4.69, 9.17) is 9.26 Å². The summed E-state index contributed by atoms with van der Waals surface area (Å²) in [7, 11) is 1.55. The van der Waals surface area contributed by atoms with Crippen molar-refractivity contribution in [1.82, 2.24) is 10.5 Å². The van der Waals surface area contributed by atoms with E-state index in [0.29, 0.717) is 29.4 Å². The van der Waals surface area contributed by atoms with Crippen molar-refractivity contribution in [2.45, 2.75) is 26.3 Å². The highest BCUT2D eigenvalue weighted by Gasteiger charge is 2.18. The Bertz CT molecular complexity index is 729. The second kappa shape index (κ2) is 8.72. The first-order valence-corrected chi connectivity index (χ1v) is 7.96. The van der Waals surface area contributed by atoms with Gasteiger partial charge in [-0.05, 0) is 25.5 Å².